The van der Waals surface area contributed by atoms with E-state index >= 15 is 19.2 Å². The van der Waals surface area contributed by atoms with E-state index < -0.39 is 235 Å². The zero-order valence-electron chi connectivity index (χ0n) is 65.4. The molecule has 4 aromatic rings. The molecule has 2 bridgehead atoms. The number of nitrogens with one attached hydrogen (secondary N) is 15. The van der Waals surface area contributed by atoms with Crippen molar-refractivity contribution in [2.45, 2.75) is 181 Å². The first-order chi connectivity index (χ1) is 56.6. The number of carboxylic acid groups (broad SMARTS) is 3. The quantitative estimate of drug-likeness (QED) is 0.0120. The number of aliphatic hydroxyl groups is 1. The second-order valence-corrected chi connectivity index (χ2v) is 31.7. The molecule has 119 heavy (non-hydrogen) atoms. The molecule has 1 saturated carbocycles. The molecule has 7 rings (SSSR count). The highest BCUT2D eigenvalue weighted by molar-refractivity contribution is 7.99. The average Bonchev–Trinajstić information content (AvgIpc) is 1.57. The maximum Gasteiger partial charge on any atom is 0.309 e. The Bertz CT molecular complexity index is 4310. The van der Waals surface area contributed by atoms with Crippen LogP contribution < -0.4 is 80.6 Å². The minimum atomic E-state index is -2.43. The summed E-state index contributed by atoms with van der Waals surface area (Å²) in [7, 11) is 0. The summed E-state index contributed by atoms with van der Waals surface area (Å²) in [6.45, 7) is 1.68. The number of aliphatic carboxylic acids is 3. The molecule has 1 saturated heterocycles. The summed E-state index contributed by atoms with van der Waals surface area (Å²) in [5, 5.41) is 81.7. The third kappa shape index (κ3) is 29.9. The van der Waals surface area contributed by atoms with Crippen molar-refractivity contribution < 1.29 is 102 Å². The first-order valence-electron chi connectivity index (χ1n) is 38.0. The van der Waals surface area contributed by atoms with Crippen molar-refractivity contribution in [3.8, 4) is 0 Å². The Morgan fingerprint density at radius 2 is 1.30 bits per heavy atom. The number of nitrogens with zero attached hydrogens (tertiary/aromatic N) is 2. The van der Waals surface area contributed by atoms with Crippen LogP contribution in [0.3, 0.4) is 0 Å². The average molecular weight is 1710 g/mol. The number of benzene rings is 3. The van der Waals surface area contributed by atoms with Crippen molar-refractivity contribution in [3.05, 3.63) is 125 Å². The molecule has 1 aromatic heterocycles. The molecule has 14 amide bonds. The predicted molar refractivity (Wildman–Crippen MR) is 433 cm³/mol. The van der Waals surface area contributed by atoms with E-state index in [9.17, 15) is 82.8 Å². The normalized spacial score (nSPS) is 21.7. The first-order valence-corrected chi connectivity index (χ1v) is 41.7. The van der Waals surface area contributed by atoms with Crippen LogP contribution in [-0.2, 0) is 112 Å². The SMILES string of the molecule is CSCC[C@H](NC(C)=O)C(=O)N[C@H]1CSCc2cccc(c2)CSC[C@@H](C(=O)NC2(C(=O)N[C@@H](Cc3c[nH]cn3)C(=O)N[C@@H](Cc3ccccc3)C(=O)N[C@@H](CCCNC(=N)N)C(=O)N[C@@H](CC(=O)O)C(N)=O)C[C@H]2C(=O)O)NC(=O)[C@H](Cc2ccccc2)NC(=O)[C@H](CCC(=O)O)NC(=O)[C@H]([C@@H](C)O)NC(=O)[C@@H]2CCCN2C(=O)CNC1=O. The smallest absolute Gasteiger partial charge is 0.309 e. The lowest BCUT2D eigenvalue weighted by molar-refractivity contribution is -0.142. The van der Waals surface area contributed by atoms with Crippen LogP contribution in [0.4, 0.5) is 0 Å². The molecular weight excluding hydrogens is 1610 g/mol. The van der Waals surface area contributed by atoms with Crippen LogP contribution in [0.25, 0.3) is 0 Å². The van der Waals surface area contributed by atoms with Gasteiger partial charge in [0.25, 0.3) is 0 Å². The van der Waals surface area contributed by atoms with Crippen LogP contribution in [0.2, 0.25) is 0 Å². The van der Waals surface area contributed by atoms with E-state index in [2.05, 4.69) is 79.1 Å². The molecule has 43 heteroatoms. The first kappa shape index (κ1) is 94.3. The lowest BCUT2D eigenvalue weighted by atomic mass is 10.0. The van der Waals surface area contributed by atoms with Gasteiger partial charge in [0.15, 0.2) is 5.96 Å². The zero-order chi connectivity index (χ0) is 87.0. The number of aromatic nitrogens is 2. The number of amides is 14. The number of nitrogens with two attached hydrogens (primary N) is 2. The Morgan fingerprint density at radius 3 is 1.90 bits per heavy atom. The molecule has 3 heterocycles. The number of thioether (sulfide) groups is 3. The minimum Gasteiger partial charge on any atom is -0.481 e. The molecule has 644 valence electrons. The number of hydrogen-bond donors (Lipinski definition) is 21. The van der Waals surface area contributed by atoms with Crippen LogP contribution in [0.5, 0.6) is 0 Å². The molecule has 0 radical (unpaired) electrons. The van der Waals surface area contributed by atoms with Crippen molar-refractivity contribution in [2.24, 2.45) is 17.4 Å². The summed E-state index contributed by atoms with van der Waals surface area (Å²) in [5.41, 5.74) is 10.7. The Morgan fingerprint density at radius 1 is 0.689 bits per heavy atom. The molecule has 1 aliphatic carbocycles. The van der Waals surface area contributed by atoms with Gasteiger partial charge in [0.05, 0.1) is 37.0 Å². The second kappa shape index (κ2) is 46.3. The molecule has 3 aliphatic rings. The van der Waals surface area contributed by atoms with E-state index in [0.717, 1.165) is 23.6 Å². The van der Waals surface area contributed by atoms with Crippen LogP contribution in [0, 0.1) is 11.3 Å². The van der Waals surface area contributed by atoms with Gasteiger partial charge in [-0.05, 0) is 86.1 Å². The van der Waals surface area contributed by atoms with Crippen LogP contribution in [-0.4, -0.2) is 263 Å². The van der Waals surface area contributed by atoms with Gasteiger partial charge in [-0.1, -0.05) is 84.9 Å². The zero-order valence-corrected chi connectivity index (χ0v) is 67.8. The number of rotatable bonds is 34. The number of primary amides is 1. The predicted octanol–water partition coefficient (Wildman–Crippen LogP) is -4.23. The Hall–Kier alpha value is -11.9. The monoisotopic (exact) mass is 1710 g/mol. The maximum absolute atomic E-state index is 15.4. The number of carbonyl (C=O) groups is 17. The standard InChI is InChI=1S/C76H101N19O21S3/c1-40(96)61-72(113)86-49(21-22-59(99)100)65(106)88-53(29-43-15-8-5-9-16-43)68(109)91-56(38-119-36-45-18-10-17-44(27-45)35-118-37-55(90-66(107)50(23-26-117-3)84-41(2)97)63(104)82-34-58(98)95-25-12-20-57(95)71(112)93-61)70(111)94-76(32-47(76)73(114)115)74(116)92-54(30-46-33-80-39-83-46)69(110)89-52(28-42-13-6-4-7-14-42)67(108)85-48(19-11-24-81-75(78)79)64(105)87-51(62(77)103)31-60(101)102/h4-10,13-18,27,33,39-40,47-57,61,96H,11-12,19-26,28-32,34-38H2,1-3H3,(H2,77,103)(H,80,83)(H,82,104)(H,84,97)(H,85,108)(H,86,113)(H,87,105)(H,88,106)(H,89,110)(H,90,107)(H,91,109)(H,92,116)(H,93,112)(H,94,111)(H,99,100)(H,101,102)(H,114,115)(H4,78,79,81)/t40-,47+,48+,49+,50+,51+,52+,53+,54+,55+,56+,57+,61+,76?/m1/s1. The number of fused-ring (bicyclic) bond motifs is 3. The van der Waals surface area contributed by atoms with Crippen molar-refractivity contribution in [2.75, 3.05) is 43.1 Å². The second-order valence-electron chi connectivity index (χ2n) is 28.6. The topological polar surface area (TPSA) is 635 Å². The van der Waals surface area contributed by atoms with E-state index in [4.69, 9.17) is 16.9 Å². The lowest BCUT2D eigenvalue weighted by Crippen LogP contribution is -2.63. The molecule has 2 fully saturated rings. The third-order valence-electron chi connectivity index (χ3n) is 19.4. The molecule has 0 spiro atoms. The number of aromatic amines is 1. The van der Waals surface area contributed by atoms with Gasteiger partial charge >= 0.3 is 17.9 Å². The molecule has 2 aliphatic heterocycles. The summed E-state index contributed by atoms with van der Waals surface area (Å²) >= 11 is 3.67. The van der Waals surface area contributed by atoms with Crippen LogP contribution >= 0.6 is 35.3 Å². The van der Waals surface area contributed by atoms with Gasteiger partial charge in [0.2, 0.25) is 82.7 Å². The maximum atomic E-state index is 15.4. The Balaban J connectivity index is 1.25. The van der Waals surface area contributed by atoms with E-state index in [1.807, 2.05) is 0 Å². The van der Waals surface area contributed by atoms with Gasteiger partial charge in [-0.15, -0.1) is 0 Å². The third-order valence-corrected chi connectivity index (χ3v) is 22.2. The minimum absolute atomic E-state index is 0.00978. The summed E-state index contributed by atoms with van der Waals surface area (Å²) in [4.78, 5) is 245. The van der Waals surface area contributed by atoms with Crippen molar-refractivity contribution in [1.82, 2.24) is 84.0 Å². The van der Waals surface area contributed by atoms with Gasteiger partial charge in [-0.2, -0.15) is 35.3 Å². The fourth-order valence-corrected chi connectivity index (χ4v) is 15.5. The lowest BCUT2D eigenvalue weighted by Gasteiger charge is -2.29. The summed E-state index contributed by atoms with van der Waals surface area (Å²) in [6, 6.07) is 5.51. The molecule has 14 atom stereocenters. The summed E-state index contributed by atoms with van der Waals surface area (Å²) in [6.07, 6.45) is -1.15. The van der Waals surface area contributed by atoms with Crippen molar-refractivity contribution >= 4 is 142 Å². The summed E-state index contributed by atoms with van der Waals surface area (Å²) < 4.78 is 0. The molecule has 40 nitrogen and oxygen atoms in total. The van der Waals surface area contributed by atoms with E-state index in [-0.39, 0.29) is 81.0 Å². The largest absolute Gasteiger partial charge is 0.481 e. The number of carboxylic acids is 3. The number of H-pyrrole nitrogens is 1. The molecular formula is C76H101N19O21S3. The number of guanidine groups is 1. The number of imidazole rings is 1. The van der Waals surface area contributed by atoms with Gasteiger partial charge in [-0.3, -0.25) is 86.9 Å². The van der Waals surface area contributed by atoms with E-state index in [1.165, 1.54) is 43.0 Å². The van der Waals surface area contributed by atoms with Gasteiger partial charge in [0, 0.05) is 74.9 Å². The fraction of sp³-hybridized carbons (Fsp3) is 0.487. The number of hydrogen-bond acceptors (Lipinski definition) is 23. The highest BCUT2D eigenvalue weighted by Gasteiger charge is 2.66. The molecule has 23 N–H and O–H groups in total. The Kier molecular flexibility index (Phi) is 36.7. The van der Waals surface area contributed by atoms with Crippen LogP contribution in [0.1, 0.15) is 99.6 Å². The van der Waals surface area contributed by atoms with Gasteiger partial charge < -0.3 is 111 Å². The van der Waals surface area contributed by atoms with Gasteiger partial charge in [-0.25, -0.2) is 4.98 Å². The van der Waals surface area contributed by atoms with Gasteiger partial charge in [0.1, 0.15) is 72.0 Å². The van der Waals surface area contributed by atoms with E-state index in [1.54, 1.807) is 91.2 Å². The van der Waals surface area contributed by atoms with Crippen molar-refractivity contribution in [3.63, 3.8) is 0 Å². The fourth-order valence-electron chi connectivity index (χ4n) is 13.1. The van der Waals surface area contributed by atoms with Crippen LogP contribution in [0.15, 0.2) is 97.5 Å². The number of aliphatic hydroxyl groups excluding tert-OH is 1. The highest BCUT2D eigenvalue weighted by Crippen LogP contribution is 2.44. The number of carbonyl (C=O) groups excluding carboxylic acids is 14. The molecule has 3 aromatic carbocycles. The highest BCUT2D eigenvalue weighted by atomic mass is 32.2. The molecule has 1 unspecified atom stereocenters. The van der Waals surface area contributed by atoms with E-state index in [0.29, 0.717) is 28.0 Å². The Labute approximate surface area is 696 Å². The van der Waals surface area contributed by atoms with Crippen molar-refractivity contribution in [1.29, 1.82) is 5.41 Å². The summed E-state index contributed by atoms with van der Waals surface area (Å²) in [5.74, 6) is -20.6.